The first kappa shape index (κ1) is 17.9. The van der Waals surface area contributed by atoms with Gasteiger partial charge in [-0.2, -0.15) is 0 Å². The molecule has 0 bridgehead atoms. The zero-order valence-electron chi connectivity index (χ0n) is 13.5. The number of esters is 2. The predicted octanol–water partition coefficient (Wildman–Crippen LogP) is 2.71. The standard InChI is InChI=1S/C17H22O5/c1-17(2,3)22-16(20)13-7-5-6-12(10-13)8-9-14(18)11-15(19)21-4/h5-7,10H,8-9,11H2,1-4H3. The molecule has 22 heavy (non-hydrogen) atoms. The van der Waals surface area contributed by atoms with E-state index >= 15 is 0 Å². The molecular weight excluding hydrogens is 284 g/mol. The Balaban J connectivity index is 2.63. The lowest BCUT2D eigenvalue weighted by atomic mass is 10.0. The van der Waals surface area contributed by atoms with Gasteiger partial charge in [0.1, 0.15) is 17.8 Å². The Morgan fingerprint density at radius 1 is 1.14 bits per heavy atom. The first-order valence-corrected chi connectivity index (χ1v) is 7.12. The van der Waals surface area contributed by atoms with Crippen LogP contribution in [0.3, 0.4) is 0 Å². The number of rotatable bonds is 6. The van der Waals surface area contributed by atoms with Gasteiger partial charge in [-0.3, -0.25) is 9.59 Å². The van der Waals surface area contributed by atoms with E-state index in [9.17, 15) is 14.4 Å². The van der Waals surface area contributed by atoms with Crippen molar-refractivity contribution in [2.75, 3.05) is 7.11 Å². The van der Waals surface area contributed by atoms with Gasteiger partial charge in [0.05, 0.1) is 12.7 Å². The van der Waals surface area contributed by atoms with Crippen LogP contribution in [0, 0.1) is 0 Å². The maximum Gasteiger partial charge on any atom is 0.338 e. The van der Waals surface area contributed by atoms with E-state index in [-0.39, 0.29) is 18.6 Å². The summed E-state index contributed by atoms with van der Waals surface area (Å²) in [5.74, 6) is -1.11. The molecule has 0 saturated carbocycles. The summed E-state index contributed by atoms with van der Waals surface area (Å²) >= 11 is 0. The van der Waals surface area contributed by atoms with Crippen LogP contribution in [0.4, 0.5) is 0 Å². The highest BCUT2D eigenvalue weighted by atomic mass is 16.6. The maximum absolute atomic E-state index is 12.0. The maximum atomic E-state index is 12.0. The molecule has 0 aliphatic carbocycles. The third-order valence-electron chi connectivity index (χ3n) is 2.82. The summed E-state index contributed by atoms with van der Waals surface area (Å²) in [5.41, 5.74) is 0.748. The van der Waals surface area contributed by atoms with Gasteiger partial charge in [0.25, 0.3) is 0 Å². The van der Waals surface area contributed by atoms with E-state index in [1.807, 2.05) is 6.07 Å². The fraction of sp³-hybridized carbons (Fsp3) is 0.471. The summed E-state index contributed by atoms with van der Waals surface area (Å²) in [7, 11) is 1.25. The Kier molecular flexibility index (Phi) is 6.28. The molecule has 0 saturated heterocycles. The smallest absolute Gasteiger partial charge is 0.338 e. The van der Waals surface area contributed by atoms with E-state index in [0.29, 0.717) is 12.0 Å². The first-order valence-electron chi connectivity index (χ1n) is 7.12. The molecule has 0 radical (unpaired) electrons. The number of carbonyl (C=O) groups is 3. The third-order valence-corrected chi connectivity index (χ3v) is 2.82. The fourth-order valence-electron chi connectivity index (χ4n) is 1.80. The normalized spacial score (nSPS) is 10.9. The molecular formula is C17H22O5. The summed E-state index contributed by atoms with van der Waals surface area (Å²) in [5, 5.41) is 0. The van der Waals surface area contributed by atoms with Crippen molar-refractivity contribution in [1.29, 1.82) is 0 Å². The molecule has 5 heteroatoms. The second-order valence-corrected chi connectivity index (χ2v) is 5.99. The van der Waals surface area contributed by atoms with Gasteiger partial charge in [-0.15, -0.1) is 0 Å². The predicted molar refractivity (Wildman–Crippen MR) is 81.6 cm³/mol. The van der Waals surface area contributed by atoms with Crippen LogP contribution >= 0.6 is 0 Å². The third kappa shape index (κ3) is 6.52. The van der Waals surface area contributed by atoms with E-state index in [4.69, 9.17) is 4.74 Å². The molecule has 1 aromatic carbocycles. The minimum absolute atomic E-state index is 0.186. The van der Waals surface area contributed by atoms with Crippen LogP contribution < -0.4 is 0 Å². The van der Waals surface area contributed by atoms with Crippen molar-refractivity contribution in [3.05, 3.63) is 35.4 Å². The van der Waals surface area contributed by atoms with Crippen molar-refractivity contribution in [3.8, 4) is 0 Å². The molecule has 0 aromatic heterocycles. The van der Waals surface area contributed by atoms with Crippen LogP contribution in [0.1, 0.15) is 49.5 Å². The SMILES string of the molecule is COC(=O)CC(=O)CCc1cccc(C(=O)OC(C)(C)C)c1. The van der Waals surface area contributed by atoms with Gasteiger partial charge < -0.3 is 9.47 Å². The molecule has 0 unspecified atom stereocenters. The van der Waals surface area contributed by atoms with Crippen LogP contribution in [0.15, 0.2) is 24.3 Å². The molecule has 0 spiro atoms. The number of hydrogen-bond donors (Lipinski definition) is 0. The number of ketones is 1. The first-order chi connectivity index (χ1) is 10.2. The monoisotopic (exact) mass is 306 g/mol. The highest BCUT2D eigenvalue weighted by molar-refractivity contribution is 5.95. The summed E-state index contributed by atoms with van der Waals surface area (Å²) in [4.78, 5) is 34.6. The van der Waals surface area contributed by atoms with Crippen molar-refractivity contribution in [2.45, 2.75) is 45.6 Å². The highest BCUT2D eigenvalue weighted by Crippen LogP contribution is 2.14. The molecule has 120 valence electrons. The van der Waals surface area contributed by atoms with Crippen LogP contribution in [-0.4, -0.2) is 30.4 Å². The van der Waals surface area contributed by atoms with E-state index in [2.05, 4.69) is 4.74 Å². The summed E-state index contributed by atoms with van der Waals surface area (Å²) < 4.78 is 9.75. The van der Waals surface area contributed by atoms with Gasteiger partial charge in [0.2, 0.25) is 0 Å². The van der Waals surface area contributed by atoms with Gasteiger partial charge in [0.15, 0.2) is 0 Å². The largest absolute Gasteiger partial charge is 0.469 e. The van der Waals surface area contributed by atoms with Crippen LogP contribution in [0.5, 0.6) is 0 Å². The molecule has 0 amide bonds. The van der Waals surface area contributed by atoms with Crippen LogP contribution in [0.25, 0.3) is 0 Å². The molecule has 5 nitrogen and oxygen atoms in total. The Morgan fingerprint density at radius 3 is 2.41 bits per heavy atom. The number of aryl methyl sites for hydroxylation is 1. The molecule has 0 fully saturated rings. The van der Waals surface area contributed by atoms with Gasteiger partial charge in [-0.25, -0.2) is 4.79 Å². The minimum atomic E-state index is -0.552. The van der Waals surface area contributed by atoms with Gasteiger partial charge in [-0.1, -0.05) is 12.1 Å². The van der Waals surface area contributed by atoms with Crippen LogP contribution in [0.2, 0.25) is 0 Å². The zero-order valence-corrected chi connectivity index (χ0v) is 13.5. The van der Waals surface area contributed by atoms with E-state index in [0.717, 1.165) is 5.56 Å². The van der Waals surface area contributed by atoms with Crippen molar-refractivity contribution in [2.24, 2.45) is 0 Å². The van der Waals surface area contributed by atoms with Crippen molar-refractivity contribution < 1.29 is 23.9 Å². The van der Waals surface area contributed by atoms with Crippen molar-refractivity contribution in [3.63, 3.8) is 0 Å². The summed E-state index contributed by atoms with van der Waals surface area (Å²) in [6.07, 6.45) is 0.474. The van der Waals surface area contributed by atoms with E-state index < -0.39 is 17.5 Å². The van der Waals surface area contributed by atoms with Crippen molar-refractivity contribution >= 4 is 17.7 Å². The minimum Gasteiger partial charge on any atom is -0.469 e. The number of methoxy groups -OCH3 is 1. The lowest BCUT2D eigenvalue weighted by Gasteiger charge is -2.19. The second-order valence-electron chi connectivity index (χ2n) is 5.99. The molecule has 1 aromatic rings. The summed E-state index contributed by atoms with van der Waals surface area (Å²) in [6.45, 7) is 5.42. The summed E-state index contributed by atoms with van der Waals surface area (Å²) in [6, 6.07) is 6.96. The number of ether oxygens (including phenoxy) is 2. The number of benzene rings is 1. The van der Waals surface area contributed by atoms with Gasteiger partial charge in [0, 0.05) is 6.42 Å². The molecule has 0 atom stereocenters. The molecule has 0 aliphatic rings. The second kappa shape index (κ2) is 7.73. The lowest BCUT2D eigenvalue weighted by Crippen LogP contribution is -2.23. The lowest BCUT2D eigenvalue weighted by molar-refractivity contribution is -0.143. The Labute approximate surface area is 130 Å². The van der Waals surface area contributed by atoms with Gasteiger partial charge in [-0.05, 0) is 44.9 Å². The van der Waals surface area contributed by atoms with Crippen molar-refractivity contribution in [1.82, 2.24) is 0 Å². The topological polar surface area (TPSA) is 69.7 Å². The number of Topliss-reactive ketones (excluding diaryl/α,β-unsaturated/α-hetero) is 1. The number of hydrogen-bond acceptors (Lipinski definition) is 5. The Morgan fingerprint density at radius 2 is 1.82 bits per heavy atom. The fourth-order valence-corrected chi connectivity index (χ4v) is 1.80. The Bertz CT molecular complexity index is 554. The van der Waals surface area contributed by atoms with Gasteiger partial charge >= 0.3 is 11.9 Å². The molecule has 0 heterocycles. The van der Waals surface area contributed by atoms with E-state index in [1.54, 1.807) is 39.0 Å². The highest BCUT2D eigenvalue weighted by Gasteiger charge is 2.18. The zero-order chi connectivity index (χ0) is 16.8. The van der Waals surface area contributed by atoms with E-state index in [1.165, 1.54) is 7.11 Å². The number of carbonyl (C=O) groups excluding carboxylic acids is 3. The molecule has 0 aliphatic heterocycles. The molecule has 1 rings (SSSR count). The van der Waals surface area contributed by atoms with Crippen LogP contribution in [-0.2, 0) is 25.5 Å². The Hall–Kier alpha value is -2.17. The quantitative estimate of drug-likeness (QED) is 0.597. The average molecular weight is 306 g/mol. The molecule has 0 N–H and O–H groups in total. The average Bonchev–Trinajstić information content (AvgIpc) is 2.43.